The van der Waals surface area contributed by atoms with Gasteiger partial charge in [-0.3, -0.25) is 14.4 Å². The van der Waals surface area contributed by atoms with Crippen LogP contribution in [0.4, 0.5) is 4.39 Å². The summed E-state index contributed by atoms with van der Waals surface area (Å²) in [6.07, 6.45) is 0.327. The first-order valence-corrected chi connectivity index (χ1v) is 11.6. The normalized spacial score (nSPS) is 18.1. The van der Waals surface area contributed by atoms with Gasteiger partial charge in [0.2, 0.25) is 5.91 Å². The third kappa shape index (κ3) is 5.52. The topological polar surface area (TPSA) is 95.7 Å². The minimum absolute atomic E-state index is 0.101. The van der Waals surface area contributed by atoms with Crippen LogP contribution in [-0.4, -0.2) is 65.8 Å². The van der Waals surface area contributed by atoms with Gasteiger partial charge in [0.25, 0.3) is 11.8 Å². The second kappa shape index (κ2) is 10.7. The van der Waals surface area contributed by atoms with E-state index >= 15 is 0 Å². The number of nitrogens with zero attached hydrogens (tertiary/aromatic N) is 2. The quantitative estimate of drug-likeness (QED) is 0.632. The molecular weight excluding hydrogens is 431 g/mol. The van der Waals surface area contributed by atoms with Gasteiger partial charge < -0.3 is 20.9 Å². The molecule has 1 fully saturated rings. The van der Waals surface area contributed by atoms with Crippen LogP contribution in [0, 0.1) is 11.7 Å². The molecule has 0 radical (unpaired) electrons. The highest BCUT2D eigenvalue weighted by atomic mass is 32.1. The summed E-state index contributed by atoms with van der Waals surface area (Å²) >= 11 is 1.37. The molecular formula is C23H29FN4O3S. The van der Waals surface area contributed by atoms with Crippen molar-refractivity contribution in [3.8, 4) is 0 Å². The van der Waals surface area contributed by atoms with Crippen molar-refractivity contribution in [1.29, 1.82) is 0 Å². The van der Waals surface area contributed by atoms with Gasteiger partial charge in [0.05, 0.1) is 10.9 Å². The zero-order valence-corrected chi connectivity index (χ0v) is 19.1. The van der Waals surface area contributed by atoms with E-state index < -0.39 is 11.9 Å². The number of nitrogens with one attached hydrogen (secondary N) is 1. The molecule has 32 heavy (non-hydrogen) atoms. The summed E-state index contributed by atoms with van der Waals surface area (Å²) in [4.78, 5) is 43.2. The fraction of sp³-hybridized carbons (Fsp3) is 0.435. The second-order valence-electron chi connectivity index (χ2n) is 8.28. The van der Waals surface area contributed by atoms with Crippen molar-refractivity contribution in [3.05, 3.63) is 58.0 Å². The highest BCUT2D eigenvalue weighted by molar-refractivity contribution is 7.12. The van der Waals surface area contributed by atoms with Gasteiger partial charge >= 0.3 is 0 Å². The minimum atomic E-state index is -0.741. The third-order valence-electron chi connectivity index (χ3n) is 5.37. The molecule has 1 aliphatic rings. The maximum absolute atomic E-state index is 13.3. The number of thiophene rings is 1. The summed E-state index contributed by atoms with van der Waals surface area (Å²) in [5.41, 5.74) is 5.81. The number of carbonyl (C=O) groups excluding carboxylic acids is 3. The Morgan fingerprint density at radius 1 is 1.25 bits per heavy atom. The maximum Gasteiger partial charge on any atom is 0.264 e. The molecule has 3 rings (SSSR count). The molecule has 172 valence electrons. The van der Waals surface area contributed by atoms with E-state index in [2.05, 4.69) is 5.32 Å². The summed E-state index contributed by atoms with van der Waals surface area (Å²) in [6, 6.07) is 7.80. The predicted octanol–water partition coefficient (Wildman–Crippen LogP) is 2.34. The van der Waals surface area contributed by atoms with Crippen LogP contribution < -0.4 is 11.1 Å². The van der Waals surface area contributed by atoms with E-state index in [1.165, 1.54) is 40.5 Å². The minimum Gasteiger partial charge on any atom is -0.353 e. The number of rotatable bonds is 8. The number of hydrogen-bond donors (Lipinski definition) is 2. The Morgan fingerprint density at radius 3 is 2.56 bits per heavy atom. The average molecular weight is 461 g/mol. The predicted molar refractivity (Wildman–Crippen MR) is 122 cm³/mol. The summed E-state index contributed by atoms with van der Waals surface area (Å²) < 4.78 is 13.3. The Labute approximate surface area is 191 Å². The number of nitrogens with two attached hydrogens (primary N) is 1. The summed E-state index contributed by atoms with van der Waals surface area (Å²) in [7, 11) is 0. The van der Waals surface area contributed by atoms with Gasteiger partial charge in [0.15, 0.2) is 0 Å². The molecule has 3 N–H and O–H groups in total. The van der Waals surface area contributed by atoms with Crippen LogP contribution in [0.1, 0.15) is 40.3 Å². The van der Waals surface area contributed by atoms with Crippen molar-refractivity contribution in [2.45, 2.75) is 32.4 Å². The first-order valence-electron chi connectivity index (χ1n) is 10.7. The highest BCUT2D eigenvalue weighted by Crippen LogP contribution is 2.27. The number of hydrogen-bond acceptors (Lipinski definition) is 5. The Morgan fingerprint density at radius 2 is 1.97 bits per heavy atom. The van der Waals surface area contributed by atoms with Gasteiger partial charge in [-0.25, -0.2) is 4.39 Å². The van der Waals surface area contributed by atoms with Crippen LogP contribution in [-0.2, 0) is 4.79 Å². The Bertz CT molecular complexity index is 933. The lowest BCUT2D eigenvalue weighted by Crippen LogP contribution is -2.47. The second-order valence-corrected chi connectivity index (χ2v) is 9.23. The molecule has 2 aromatic rings. The molecule has 2 unspecified atom stereocenters. The largest absolute Gasteiger partial charge is 0.353 e. The van der Waals surface area contributed by atoms with Crippen LogP contribution in [0.25, 0.3) is 0 Å². The molecule has 3 amide bonds. The lowest BCUT2D eigenvalue weighted by molar-refractivity contribution is -0.124. The van der Waals surface area contributed by atoms with Crippen LogP contribution in [0.3, 0.4) is 0 Å². The Kier molecular flexibility index (Phi) is 7.98. The summed E-state index contributed by atoms with van der Waals surface area (Å²) in [5, 5.41) is 4.61. The van der Waals surface area contributed by atoms with Gasteiger partial charge in [-0.2, -0.15) is 0 Å². The van der Waals surface area contributed by atoms with Crippen molar-refractivity contribution in [2.75, 3.05) is 26.2 Å². The van der Waals surface area contributed by atoms with Gasteiger partial charge in [-0.05, 0) is 48.1 Å². The summed E-state index contributed by atoms with van der Waals surface area (Å²) in [5.74, 6) is -1.00. The molecule has 0 bridgehead atoms. The SMILES string of the molecule is CC(C)CN(C(=O)c1cccs1)C1CC(C(=O)NCCN)N(C(=O)c2ccc(F)cc2)C1. The molecule has 7 nitrogen and oxygen atoms in total. The van der Waals surface area contributed by atoms with Crippen LogP contribution in [0.5, 0.6) is 0 Å². The van der Waals surface area contributed by atoms with E-state index in [1.807, 2.05) is 25.3 Å². The molecule has 0 spiro atoms. The van der Waals surface area contributed by atoms with Crippen molar-refractivity contribution in [1.82, 2.24) is 15.1 Å². The van der Waals surface area contributed by atoms with Crippen molar-refractivity contribution < 1.29 is 18.8 Å². The van der Waals surface area contributed by atoms with E-state index in [1.54, 1.807) is 11.0 Å². The van der Waals surface area contributed by atoms with Crippen molar-refractivity contribution in [2.24, 2.45) is 11.7 Å². The maximum atomic E-state index is 13.3. The van der Waals surface area contributed by atoms with Crippen LogP contribution in [0.15, 0.2) is 41.8 Å². The monoisotopic (exact) mass is 460 g/mol. The van der Waals surface area contributed by atoms with E-state index in [0.717, 1.165) is 0 Å². The molecule has 1 aliphatic heterocycles. The Hall–Kier alpha value is -2.78. The Balaban J connectivity index is 1.89. The number of benzene rings is 1. The lowest BCUT2D eigenvalue weighted by Gasteiger charge is -2.30. The van der Waals surface area contributed by atoms with Gasteiger partial charge in [0, 0.05) is 31.7 Å². The molecule has 2 heterocycles. The summed E-state index contributed by atoms with van der Waals surface area (Å²) in [6.45, 7) is 5.36. The van der Waals surface area contributed by atoms with E-state index in [-0.39, 0.29) is 42.8 Å². The van der Waals surface area contributed by atoms with Gasteiger partial charge in [-0.15, -0.1) is 11.3 Å². The number of amides is 3. The fourth-order valence-electron chi connectivity index (χ4n) is 3.92. The van der Waals surface area contributed by atoms with Crippen LogP contribution in [0.2, 0.25) is 0 Å². The zero-order chi connectivity index (χ0) is 23.3. The molecule has 2 atom stereocenters. The highest BCUT2D eigenvalue weighted by Gasteiger charge is 2.43. The first kappa shape index (κ1) is 23.9. The number of likely N-dealkylation sites (tertiary alicyclic amines) is 1. The van der Waals surface area contributed by atoms with Gasteiger partial charge in [-0.1, -0.05) is 19.9 Å². The molecule has 1 aromatic carbocycles. The van der Waals surface area contributed by atoms with Gasteiger partial charge in [0.1, 0.15) is 11.9 Å². The standard InChI is InChI=1S/C23H29FN4O3S/c1-15(2)13-27(23(31)20-4-3-11-32-20)18-12-19(21(29)26-10-9-25)28(14-18)22(30)16-5-7-17(24)8-6-16/h3-8,11,15,18-19H,9-10,12-14,25H2,1-2H3,(H,26,29). The first-order chi connectivity index (χ1) is 15.3. The van der Waals surface area contributed by atoms with Crippen molar-refractivity contribution in [3.63, 3.8) is 0 Å². The molecule has 1 saturated heterocycles. The molecule has 1 aromatic heterocycles. The zero-order valence-electron chi connectivity index (χ0n) is 18.3. The number of carbonyl (C=O) groups is 3. The fourth-order valence-corrected chi connectivity index (χ4v) is 4.60. The average Bonchev–Trinajstić information content (AvgIpc) is 3.45. The van der Waals surface area contributed by atoms with Crippen molar-refractivity contribution >= 4 is 29.1 Å². The smallest absolute Gasteiger partial charge is 0.264 e. The van der Waals surface area contributed by atoms with Crippen LogP contribution >= 0.6 is 11.3 Å². The van der Waals surface area contributed by atoms with E-state index in [4.69, 9.17) is 5.73 Å². The molecule has 0 saturated carbocycles. The third-order valence-corrected chi connectivity index (χ3v) is 6.23. The lowest BCUT2D eigenvalue weighted by atomic mass is 10.1. The molecule has 0 aliphatic carbocycles. The molecule has 9 heteroatoms. The number of halogens is 1. The van der Waals surface area contributed by atoms with E-state index in [0.29, 0.717) is 30.0 Å². The van der Waals surface area contributed by atoms with E-state index in [9.17, 15) is 18.8 Å².